The minimum absolute atomic E-state index is 0.0601. The van der Waals surface area contributed by atoms with Gasteiger partial charge in [0.05, 0.1) is 5.69 Å². The highest BCUT2D eigenvalue weighted by atomic mass is 79.9. The van der Waals surface area contributed by atoms with E-state index in [9.17, 15) is 9.59 Å². The Morgan fingerprint density at radius 1 is 0.964 bits per heavy atom. The van der Waals surface area contributed by atoms with E-state index in [-0.39, 0.29) is 24.5 Å². The van der Waals surface area contributed by atoms with Crippen LogP contribution in [0.4, 0.5) is 5.69 Å². The molecule has 28 heavy (non-hydrogen) atoms. The molecule has 3 aromatic rings. The van der Waals surface area contributed by atoms with Crippen LogP contribution in [0.25, 0.3) is 0 Å². The van der Waals surface area contributed by atoms with Crippen LogP contribution in [0.15, 0.2) is 77.4 Å². The second-order valence-electron chi connectivity index (χ2n) is 6.12. The van der Waals surface area contributed by atoms with Gasteiger partial charge in [0.1, 0.15) is 12.4 Å². The lowest BCUT2D eigenvalue weighted by molar-refractivity contribution is -0.116. The van der Waals surface area contributed by atoms with Crippen LogP contribution in [0.3, 0.4) is 0 Å². The van der Waals surface area contributed by atoms with Gasteiger partial charge < -0.3 is 10.1 Å². The van der Waals surface area contributed by atoms with E-state index in [1.54, 1.807) is 36.5 Å². The standard InChI is InChI=1S/C22H19BrN2O3/c23-17-9-7-16(8-10-17)21(26)11-12-22(27)25-18-5-3-6-20(14-18)28-15-19-4-1-2-13-24-19/h1-10,13-14H,11-12,15H2,(H,25,27). The second kappa shape index (κ2) is 9.80. The predicted molar refractivity (Wildman–Crippen MR) is 111 cm³/mol. The van der Waals surface area contributed by atoms with Gasteiger partial charge in [-0.1, -0.05) is 40.2 Å². The number of Topliss-reactive ketones (excluding diaryl/α,β-unsaturated/α-hetero) is 1. The number of nitrogens with zero attached hydrogens (tertiary/aromatic N) is 1. The fraction of sp³-hybridized carbons (Fsp3) is 0.136. The van der Waals surface area contributed by atoms with Crippen molar-refractivity contribution in [3.63, 3.8) is 0 Å². The molecular weight excluding hydrogens is 420 g/mol. The van der Waals surface area contributed by atoms with E-state index in [4.69, 9.17) is 4.74 Å². The molecule has 1 N–H and O–H groups in total. The number of rotatable bonds is 8. The van der Waals surface area contributed by atoms with Crippen molar-refractivity contribution >= 4 is 33.3 Å². The topological polar surface area (TPSA) is 68.3 Å². The summed E-state index contributed by atoms with van der Waals surface area (Å²) in [5.74, 6) is 0.358. The van der Waals surface area contributed by atoms with Gasteiger partial charge in [-0.05, 0) is 36.4 Å². The van der Waals surface area contributed by atoms with Crippen LogP contribution >= 0.6 is 15.9 Å². The lowest BCUT2D eigenvalue weighted by Gasteiger charge is -2.09. The molecule has 0 spiro atoms. The number of pyridine rings is 1. The van der Waals surface area contributed by atoms with Gasteiger partial charge in [0.2, 0.25) is 5.91 Å². The molecule has 0 fully saturated rings. The first kappa shape index (κ1) is 19.8. The number of halogens is 1. The Morgan fingerprint density at radius 3 is 2.54 bits per heavy atom. The molecule has 0 radical (unpaired) electrons. The first-order valence-corrected chi connectivity index (χ1v) is 9.61. The SMILES string of the molecule is O=C(CCC(=O)c1ccc(Br)cc1)Nc1cccc(OCc2ccccn2)c1. The number of ether oxygens (including phenoxy) is 1. The van der Waals surface area contributed by atoms with Gasteiger partial charge in [-0.2, -0.15) is 0 Å². The fourth-order valence-corrected chi connectivity index (χ4v) is 2.80. The molecule has 0 aliphatic carbocycles. The third-order valence-corrected chi connectivity index (χ3v) is 4.50. The maximum Gasteiger partial charge on any atom is 0.224 e. The van der Waals surface area contributed by atoms with Crippen molar-refractivity contribution in [1.82, 2.24) is 4.98 Å². The maximum absolute atomic E-state index is 12.2. The number of carbonyl (C=O) groups is 2. The van der Waals surface area contributed by atoms with Gasteiger partial charge in [-0.25, -0.2) is 0 Å². The van der Waals surface area contributed by atoms with Crippen molar-refractivity contribution in [2.24, 2.45) is 0 Å². The average Bonchev–Trinajstić information content (AvgIpc) is 2.72. The van der Waals surface area contributed by atoms with Crippen LogP contribution in [-0.4, -0.2) is 16.7 Å². The van der Waals surface area contributed by atoms with E-state index in [0.717, 1.165) is 10.2 Å². The summed E-state index contributed by atoms with van der Waals surface area (Å²) < 4.78 is 6.62. The second-order valence-corrected chi connectivity index (χ2v) is 7.03. The van der Waals surface area contributed by atoms with E-state index < -0.39 is 0 Å². The summed E-state index contributed by atoms with van der Waals surface area (Å²) in [6.45, 7) is 0.347. The normalized spacial score (nSPS) is 10.3. The summed E-state index contributed by atoms with van der Waals surface area (Å²) in [6.07, 6.45) is 1.99. The molecule has 5 nitrogen and oxygen atoms in total. The molecule has 0 bridgehead atoms. The van der Waals surface area contributed by atoms with E-state index in [2.05, 4.69) is 26.2 Å². The Bertz CT molecular complexity index is 944. The minimum Gasteiger partial charge on any atom is -0.487 e. The number of carbonyl (C=O) groups excluding carboxylic acids is 2. The highest BCUT2D eigenvalue weighted by Crippen LogP contribution is 2.19. The third-order valence-electron chi connectivity index (χ3n) is 3.98. The molecule has 0 aliphatic heterocycles. The van der Waals surface area contributed by atoms with Gasteiger partial charge in [0, 0.05) is 40.8 Å². The number of amides is 1. The summed E-state index contributed by atoms with van der Waals surface area (Å²) >= 11 is 3.33. The highest BCUT2D eigenvalue weighted by molar-refractivity contribution is 9.10. The monoisotopic (exact) mass is 438 g/mol. The van der Waals surface area contributed by atoms with Gasteiger partial charge in [-0.15, -0.1) is 0 Å². The van der Waals surface area contributed by atoms with Crippen LogP contribution in [0, 0.1) is 0 Å². The lowest BCUT2D eigenvalue weighted by atomic mass is 10.1. The molecule has 2 aromatic carbocycles. The van der Waals surface area contributed by atoms with Crippen LogP contribution in [0.2, 0.25) is 0 Å². The summed E-state index contributed by atoms with van der Waals surface area (Å²) in [5, 5.41) is 2.80. The molecule has 1 heterocycles. The quantitative estimate of drug-likeness (QED) is 0.501. The van der Waals surface area contributed by atoms with Crippen molar-refractivity contribution < 1.29 is 14.3 Å². The first-order valence-electron chi connectivity index (χ1n) is 8.81. The lowest BCUT2D eigenvalue weighted by Crippen LogP contribution is -2.13. The molecule has 0 unspecified atom stereocenters. The van der Waals surface area contributed by atoms with Crippen molar-refractivity contribution in [1.29, 1.82) is 0 Å². The Balaban J connectivity index is 1.49. The number of hydrogen-bond donors (Lipinski definition) is 1. The Labute approximate surface area is 171 Å². The number of benzene rings is 2. The maximum atomic E-state index is 12.2. The molecule has 1 aromatic heterocycles. The predicted octanol–water partition coefficient (Wildman–Crippen LogP) is 5.02. The number of anilines is 1. The zero-order chi connectivity index (χ0) is 19.8. The molecule has 142 valence electrons. The molecule has 0 saturated heterocycles. The first-order chi connectivity index (χ1) is 13.6. The molecule has 6 heteroatoms. The van der Waals surface area contributed by atoms with E-state index in [0.29, 0.717) is 23.6 Å². The van der Waals surface area contributed by atoms with Crippen LogP contribution in [0.1, 0.15) is 28.9 Å². The van der Waals surface area contributed by atoms with Crippen LogP contribution < -0.4 is 10.1 Å². The Hall–Kier alpha value is -2.99. The van der Waals surface area contributed by atoms with Gasteiger partial charge >= 0.3 is 0 Å². The minimum atomic E-state index is -0.215. The largest absolute Gasteiger partial charge is 0.487 e. The number of ketones is 1. The third kappa shape index (κ3) is 6.03. The molecule has 0 atom stereocenters. The number of hydrogen-bond acceptors (Lipinski definition) is 4. The van der Waals surface area contributed by atoms with E-state index in [1.807, 2.05) is 36.4 Å². The highest BCUT2D eigenvalue weighted by Gasteiger charge is 2.10. The smallest absolute Gasteiger partial charge is 0.224 e. The Kier molecular flexibility index (Phi) is 6.92. The zero-order valence-electron chi connectivity index (χ0n) is 15.1. The van der Waals surface area contributed by atoms with Crippen LogP contribution in [-0.2, 0) is 11.4 Å². The summed E-state index contributed by atoms with van der Waals surface area (Å²) in [4.78, 5) is 28.5. The van der Waals surface area contributed by atoms with E-state index in [1.165, 1.54) is 0 Å². The van der Waals surface area contributed by atoms with Crippen LogP contribution in [0.5, 0.6) is 5.75 Å². The Morgan fingerprint density at radius 2 is 1.79 bits per heavy atom. The number of nitrogens with one attached hydrogen (secondary N) is 1. The molecule has 1 amide bonds. The van der Waals surface area contributed by atoms with Crippen molar-refractivity contribution in [2.45, 2.75) is 19.4 Å². The fourth-order valence-electron chi connectivity index (χ4n) is 2.54. The molecule has 0 aliphatic rings. The number of aromatic nitrogens is 1. The molecular formula is C22H19BrN2O3. The zero-order valence-corrected chi connectivity index (χ0v) is 16.7. The molecule has 3 rings (SSSR count). The van der Waals surface area contributed by atoms with Crippen molar-refractivity contribution in [3.8, 4) is 5.75 Å². The van der Waals surface area contributed by atoms with Gasteiger partial charge in [-0.3, -0.25) is 14.6 Å². The summed E-state index contributed by atoms with van der Waals surface area (Å²) in [7, 11) is 0. The summed E-state index contributed by atoms with van der Waals surface area (Å²) in [5.41, 5.74) is 2.05. The summed E-state index contributed by atoms with van der Waals surface area (Å²) in [6, 6.07) is 19.9. The van der Waals surface area contributed by atoms with E-state index >= 15 is 0 Å². The van der Waals surface area contributed by atoms with Gasteiger partial charge in [0.15, 0.2) is 5.78 Å². The molecule has 0 saturated carbocycles. The van der Waals surface area contributed by atoms with Crippen molar-refractivity contribution in [3.05, 3.63) is 88.7 Å². The van der Waals surface area contributed by atoms with Crippen molar-refractivity contribution in [2.75, 3.05) is 5.32 Å². The average molecular weight is 439 g/mol. The van der Waals surface area contributed by atoms with Gasteiger partial charge in [0.25, 0.3) is 0 Å².